The SMILES string of the molecule is CC.CC(C)c1ccc(C(=O)N2CCC(N3CCCC3)CC2)cc1. The Labute approximate surface area is 148 Å². The zero-order valence-electron chi connectivity index (χ0n) is 15.9. The number of carbonyl (C=O) groups is 1. The Balaban J connectivity index is 0.00000100. The Morgan fingerprint density at radius 1 is 0.958 bits per heavy atom. The van der Waals surface area contributed by atoms with Crippen LogP contribution in [0.3, 0.4) is 0 Å². The first-order valence-corrected chi connectivity index (χ1v) is 9.78. The number of piperidine rings is 1. The van der Waals surface area contributed by atoms with Gasteiger partial charge in [-0.2, -0.15) is 0 Å². The van der Waals surface area contributed by atoms with Crippen molar-refractivity contribution < 1.29 is 4.79 Å². The lowest BCUT2D eigenvalue weighted by molar-refractivity contribution is 0.0644. The molecule has 3 rings (SSSR count). The lowest BCUT2D eigenvalue weighted by Gasteiger charge is -2.36. The summed E-state index contributed by atoms with van der Waals surface area (Å²) in [6.07, 6.45) is 4.97. The maximum Gasteiger partial charge on any atom is 0.253 e. The normalized spacial score (nSPS) is 19.3. The third-order valence-electron chi connectivity index (χ3n) is 5.23. The molecule has 3 heteroatoms. The lowest BCUT2D eigenvalue weighted by Crippen LogP contribution is -2.45. The molecule has 2 aliphatic rings. The first kappa shape index (κ1) is 19.0. The molecule has 0 radical (unpaired) electrons. The van der Waals surface area contributed by atoms with E-state index in [9.17, 15) is 4.79 Å². The molecule has 1 amide bonds. The predicted octanol–water partition coefficient (Wildman–Crippen LogP) is 4.54. The van der Waals surface area contributed by atoms with E-state index in [-0.39, 0.29) is 5.91 Å². The standard InChI is InChI=1S/C19H28N2O.C2H6/c1-15(2)16-5-7-17(8-6-16)19(22)21-13-9-18(10-14-21)20-11-3-4-12-20;1-2/h5-8,15,18H,3-4,9-14H2,1-2H3;1-2H3. The van der Waals surface area contributed by atoms with Gasteiger partial charge in [-0.05, 0) is 62.4 Å². The summed E-state index contributed by atoms with van der Waals surface area (Å²) in [6.45, 7) is 12.7. The zero-order chi connectivity index (χ0) is 17.5. The molecule has 3 nitrogen and oxygen atoms in total. The summed E-state index contributed by atoms with van der Waals surface area (Å²) in [6, 6.07) is 8.87. The van der Waals surface area contributed by atoms with E-state index in [0.717, 1.165) is 31.5 Å². The van der Waals surface area contributed by atoms with Gasteiger partial charge >= 0.3 is 0 Å². The van der Waals surface area contributed by atoms with Crippen molar-refractivity contribution in [2.45, 2.75) is 65.3 Å². The average Bonchev–Trinajstić information content (AvgIpc) is 3.18. The molecule has 134 valence electrons. The van der Waals surface area contributed by atoms with Crippen LogP contribution in [-0.2, 0) is 0 Å². The highest BCUT2D eigenvalue weighted by atomic mass is 16.2. The maximum absolute atomic E-state index is 12.6. The van der Waals surface area contributed by atoms with Crippen molar-refractivity contribution in [2.24, 2.45) is 0 Å². The predicted molar refractivity (Wildman–Crippen MR) is 102 cm³/mol. The summed E-state index contributed by atoms with van der Waals surface area (Å²) in [4.78, 5) is 17.3. The molecule has 2 saturated heterocycles. The summed E-state index contributed by atoms with van der Waals surface area (Å²) >= 11 is 0. The second kappa shape index (κ2) is 9.22. The zero-order valence-corrected chi connectivity index (χ0v) is 15.9. The van der Waals surface area contributed by atoms with Crippen molar-refractivity contribution in [3.8, 4) is 0 Å². The third-order valence-corrected chi connectivity index (χ3v) is 5.23. The smallest absolute Gasteiger partial charge is 0.253 e. The molecule has 0 atom stereocenters. The number of likely N-dealkylation sites (tertiary alicyclic amines) is 2. The van der Waals surface area contributed by atoms with Crippen LogP contribution in [-0.4, -0.2) is 47.9 Å². The number of amides is 1. The number of nitrogens with zero attached hydrogens (tertiary/aromatic N) is 2. The Morgan fingerprint density at radius 3 is 2.00 bits per heavy atom. The number of carbonyl (C=O) groups excluding carboxylic acids is 1. The number of rotatable bonds is 3. The van der Waals surface area contributed by atoms with Gasteiger partial charge in [0.2, 0.25) is 0 Å². The molecule has 24 heavy (non-hydrogen) atoms. The van der Waals surface area contributed by atoms with Crippen LogP contribution >= 0.6 is 0 Å². The Morgan fingerprint density at radius 2 is 1.50 bits per heavy atom. The van der Waals surface area contributed by atoms with Crippen molar-refractivity contribution >= 4 is 5.91 Å². The molecule has 2 heterocycles. The quantitative estimate of drug-likeness (QED) is 0.812. The third kappa shape index (κ3) is 4.60. The largest absolute Gasteiger partial charge is 0.339 e. The summed E-state index contributed by atoms with van der Waals surface area (Å²) in [7, 11) is 0. The fourth-order valence-electron chi connectivity index (χ4n) is 3.73. The van der Waals surface area contributed by atoms with Gasteiger partial charge in [0.05, 0.1) is 0 Å². The van der Waals surface area contributed by atoms with Crippen molar-refractivity contribution in [3.05, 3.63) is 35.4 Å². The first-order chi connectivity index (χ1) is 11.6. The van der Waals surface area contributed by atoms with Gasteiger partial charge in [0.25, 0.3) is 5.91 Å². The molecule has 0 N–H and O–H groups in total. The van der Waals surface area contributed by atoms with Crippen molar-refractivity contribution in [1.82, 2.24) is 9.80 Å². The van der Waals surface area contributed by atoms with Crippen LogP contribution in [0.2, 0.25) is 0 Å². The second-order valence-corrected chi connectivity index (χ2v) is 7.04. The Bertz CT molecular complexity index is 495. The molecular formula is C21H34N2O. The summed E-state index contributed by atoms with van der Waals surface area (Å²) in [5.41, 5.74) is 2.13. The van der Waals surface area contributed by atoms with Crippen LogP contribution in [0.25, 0.3) is 0 Å². The molecule has 0 saturated carbocycles. The highest BCUT2D eigenvalue weighted by Crippen LogP contribution is 2.22. The molecule has 1 aromatic rings. The minimum atomic E-state index is 0.204. The fraction of sp³-hybridized carbons (Fsp3) is 0.667. The average molecular weight is 331 g/mol. The van der Waals surface area contributed by atoms with Crippen molar-refractivity contribution in [3.63, 3.8) is 0 Å². The maximum atomic E-state index is 12.6. The topological polar surface area (TPSA) is 23.6 Å². The minimum absolute atomic E-state index is 0.204. The minimum Gasteiger partial charge on any atom is -0.339 e. The van der Waals surface area contributed by atoms with Crippen LogP contribution in [0.4, 0.5) is 0 Å². The van der Waals surface area contributed by atoms with Gasteiger partial charge in [0.15, 0.2) is 0 Å². The Kier molecular flexibility index (Phi) is 7.29. The summed E-state index contributed by atoms with van der Waals surface area (Å²) in [5, 5.41) is 0. The van der Waals surface area contributed by atoms with Gasteiger partial charge < -0.3 is 9.80 Å². The van der Waals surface area contributed by atoms with Gasteiger partial charge in [-0.15, -0.1) is 0 Å². The second-order valence-electron chi connectivity index (χ2n) is 7.04. The van der Waals surface area contributed by atoms with E-state index in [1.54, 1.807) is 0 Å². The summed E-state index contributed by atoms with van der Waals surface area (Å²) in [5.74, 6) is 0.718. The van der Waals surface area contributed by atoms with Gasteiger partial charge in [-0.25, -0.2) is 0 Å². The van der Waals surface area contributed by atoms with E-state index in [1.807, 2.05) is 30.9 Å². The van der Waals surface area contributed by atoms with Crippen LogP contribution in [0, 0.1) is 0 Å². The number of hydrogen-bond donors (Lipinski definition) is 0. The van der Waals surface area contributed by atoms with E-state index >= 15 is 0 Å². The van der Waals surface area contributed by atoms with Gasteiger partial charge in [0, 0.05) is 24.7 Å². The summed E-state index contributed by atoms with van der Waals surface area (Å²) < 4.78 is 0. The molecule has 0 aliphatic carbocycles. The molecule has 2 aliphatic heterocycles. The van der Waals surface area contributed by atoms with Crippen LogP contribution in [0.5, 0.6) is 0 Å². The number of benzene rings is 1. The molecule has 0 spiro atoms. The van der Waals surface area contributed by atoms with Crippen molar-refractivity contribution in [1.29, 1.82) is 0 Å². The van der Waals surface area contributed by atoms with E-state index in [4.69, 9.17) is 0 Å². The van der Waals surface area contributed by atoms with E-state index in [2.05, 4.69) is 30.9 Å². The lowest BCUT2D eigenvalue weighted by atomic mass is 10.00. The van der Waals surface area contributed by atoms with E-state index in [1.165, 1.54) is 31.5 Å². The first-order valence-electron chi connectivity index (χ1n) is 9.78. The highest BCUT2D eigenvalue weighted by molar-refractivity contribution is 5.94. The number of hydrogen-bond acceptors (Lipinski definition) is 2. The molecule has 2 fully saturated rings. The molecular weight excluding hydrogens is 296 g/mol. The van der Waals surface area contributed by atoms with Crippen molar-refractivity contribution in [2.75, 3.05) is 26.2 Å². The van der Waals surface area contributed by atoms with Crippen LogP contribution < -0.4 is 0 Å². The molecule has 1 aromatic carbocycles. The van der Waals surface area contributed by atoms with Crippen LogP contribution in [0.1, 0.15) is 75.2 Å². The molecule has 0 unspecified atom stereocenters. The fourth-order valence-corrected chi connectivity index (χ4v) is 3.73. The van der Waals surface area contributed by atoms with E-state index in [0.29, 0.717) is 12.0 Å². The van der Waals surface area contributed by atoms with Gasteiger partial charge in [-0.3, -0.25) is 4.79 Å². The Hall–Kier alpha value is -1.35. The molecule has 0 bridgehead atoms. The van der Waals surface area contributed by atoms with Gasteiger partial charge in [-0.1, -0.05) is 39.8 Å². The van der Waals surface area contributed by atoms with Gasteiger partial charge in [0.1, 0.15) is 0 Å². The monoisotopic (exact) mass is 330 g/mol. The highest BCUT2D eigenvalue weighted by Gasteiger charge is 2.28. The molecule has 0 aromatic heterocycles. The van der Waals surface area contributed by atoms with E-state index < -0.39 is 0 Å². The van der Waals surface area contributed by atoms with Crippen LogP contribution in [0.15, 0.2) is 24.3 Å².